The SMILES string of the molecule is COc1cc(C(C)=O)ccc1OC(=O)c1ccc(C)cc1. The molecule has 2 aromatic carbocycles. The van der Waals surface area contributed by atoms with Crippen molar-refractivity contribution in [3.63, 3.8) is 0 Å². The van der Waals surface area contributed by atoms with Gasteiger partial charge in [-0.05, 0) is 44.2 Å². The third-order valence-electron chi connectivity index (χ3n) is 3.06. The molecule has 0 saturated heterocycles. The number of ketones is 1. The lowest BCUT2D eigenvalue weighted by atomic mass is 10.1. The molecule has 0 heterocycles. The van der Waals surface area contributed by atoms with Gasteiger partial charge in [0.15, 0.2) is 17.3 Å². The Morgan fingerprint density at radius 1 is 0.905 bits per heavy atom. The smallest absolute Gasteiger partial charge is 0.343 e. The average molecular weight is 284 g/mol. The molecule has 0 saturated carbocycles. The van der Waals surface area contributed by atoms with E-state index in [0.717, 1.165) is 5.56 Å². The average Bonchev–Trinajstić information content (AvgIpc) is 2.48. The summed E-state index contributed by atoms with van der Waals surface area (Å²) >= 11 is 0. The Balaban J connectivity index is 2.24. The Morgan fingerprint density at radius 3 is 2.10 bits per heavy atom. The molecule has 21 heavy (non-hydrogen) atoms. The van der Waals surface area contributed by atoms with Crippen molar-refractivity contribution in [3.05, 3.63) is 59.2 Å². The van der Waals surface area contributed by atoms with Gasteiger partial charge in [-0.1, -0.05) is 17.7 Å². The fraction of sp³-hybridized carbons (Fsp3) is 0.176. The zero-order chi connectivity index (χ0) is 15.4. The molecule has 0 aliphatic carbocycles. The van der Waals surface area contributed by atoms with E-state index in [9.17, 15) is 9.59 Å². The highest BCUT2D eigenvalue weighted by molar-refractivity contribution is 5.95. The van der Waals surface area contributed by atoms with Crippen LogP contribution < -0.4 is 9.47 Å². The van der Waals surface area contributed by atoms with Crippen molar-refractivity contribution in [1.82, 2.24) is 0 Å². The summed E-state index contributed by atoms with van der Waals surface area (Å²) in [7, 11) is 1.46. The van der Waals surface area contributed by atoms with Gasteiger partial charge in [-0.2, -0.15) is 0 Å². The maximum Gasteiger partial charge on any atom is 0.343 e. The van der Waals surface area contributed by atoms with Gasteiger partial charge in [0.2, 0.25) is 0 Å². The lowest BCUT2D eigenvalue weighted by Gasteiger charge is -2.10. The number of aryl methyl sites for hydroxylation is 1. The largest absolute Gasteiger partial charge is 0.493 e. The van der Waals surface area contributed by atoms with E-state index in [1.807, 2.05) is 19.1 Å². The summed E-state index contributed by atoms with van der Waals surface area (Å²) in [5, 5.41) is 0. The normalized spacial score (nSPS) is 10.0. The van der Waals surface area contributed by atoms with E-state index >= 15 is 0 Å². The van der Waals surface area contributed by atoms with Crippen LogP contribution in [0.5, 0.6) is 11.5 Å². The Bertz CT molecular complexity index is 672. The number of carbonyl (C=O) groups is 2. The minimum absolute atomic E-state index is 0.0790. The molecule has 0 fully saturated rings. The number of esters is 1. The van der Waals surface area contributed by atoms with Crippen molar-refractivity contribution in [2.45, 2.75) is 13.8 Å². The summed E-state index contributed by atoms with van der Waals surface area (Å²) in [5.41, 5.74) is 2.02. The van der Waals surface area contributed by atoms with Gasteiger partial charge >= 0.3 is 5.97 Å². The topological polar surface area (TPSA) is 52.6 Å². The summed E-state index contributed by atoms with van der Waals surface area (Å²) in [6.07, 6.45) is 0. The monoisotopic (exact) mass is 284 g/mol. The highest BCUT2D eigenvalue weighted by Crippen LogP contribution is 2.29. The first-order valence-electron chi connectivity index (χ1n) is 6.49. The number of rotatable bonds is 4. The molecule has 4 heteroatoms. The predicted molar refractivity (Wildman–Crippen MR) is 79.1 cm³/mol. The van der Waals surface area contributed by atoms with Crippen molar-refractivity contribution in [2.75, 3.05) is 7.11 Å². The molecule has 0 bridgehead atoms. The van der Waals surface area contributed by atoms with Crippen LogP contribution in [0, 0.1) is 6.92 Å². The van der Waals surface area contributed by atoms with Crippen LogP contribution in [-0.2, 0) is 0 Å². The van der Waals surface area contributed by atoms with Gasteiger partial charge in [-0.25, -0.2) is 4.79 Å². The van der Waals surface area contributed by atoms with Crippen molar-refractivity contribution in [2.24, 2.45) is 0 Å². The van der Waals surface area contributed by atoms with E-state index in [0.29, 0.717) is 16.9 Å². The van der Waals surface area contributed by atoms with Crippen molar-refractivity contribution in [1.29, 1.82) is 0 Å². The zero-order valence-electron chi connectivity index (χ0n) is 12.2. The van der Waals surface area contributed by atoms with Crippen LogP contribution >= 0.6 is 0 Å². The first kappa shape index (κ1) is 14.8. The highest BCUT2D eigenvalue weighted by atomic mass is 16.6. The van der Waals surface area contributed by atoms with Crippen LogP contribution in [0.1, 0.15) is 33.2 Å². The van der Waals surface area contributed by atoms with E-state index in [1.54, 1.807) is 30.3 Å². The minimum Gasteiger partial charge on any atom is -0.493 e. The molecule has 0 atom stereocenters. The number of Topliss-reactive ketones (excluding diaryl/α,β-unsaturated/α-hetero) is 1. The third kappa shape index (κ3) is 3.48. The lowest BCUT2D eigenvalue weighted by Crippen LogP contribution is -2.09. The molecule has 0 amide bonds. The number of benzene rings is 2. The number of carbonyl (C=O) groups excluding carboxylic acids is 2. The Hall–Kier alpha value is -2.62. The summed E-state index contributed by atoms with van der Waals surface area (Å²) < 4.78 is 10.5. The molecule has 0 aliphatic heterocycles. The van der Waals surface area contributed by atoms with E-state index < -0.39 is 5.97 Å². The zero-order valence-corrected chi connectivity index (χ0v) is 12.2. The van der Waals surface area contributed by atoms with Crippen LogP contribution in [0.2, 0.25) is 0 Å². The second kappa shape index (κ2) is 6.22. The van der Waals surface area contributed by atoms with Crippen molar-refractivity contribution in [3.8, 4) is 11.5 Å². The third-order valence-corrected chi connectivity index (χ3v) is 3.06. The van der Waals surface area contributed by atoms with Gasteiger partial charge in [-0.15, -0.1) is 0 Å². The molecule has 2 aromatic rings. The summed E-state index contributed by atoms with van der Waals surface area (Å²) in [6.45, 7) is 3.41. The van der Waals surface area contributed by atoms with Crippen LogP contribution in [0.25, 0.3) is 0 Å². The second-order valence-electron chi connectivity index (χ2n) is 4.68. The van der Waals surface area contributed by atoms with Crippen LogP contribution in [0.3, 0.4) is 0 Å². The summed E-state index contributed by atoms with van der Waals surface area (Å²) in [6, 6.07) is 11.8. The number of hydrogen-bond donors (Lipinski definition) is 0. The van der Waals surface area contributed by atoms with Gasteiger partial charge < -0.3 is 9.47 Å². The molecule has 108 valence electrons. The van der Waals surface area contributed by atoms with Gasteiger partial charge in [0, 0.05) is 5.56 Å². The second-order valence-corrected chi connectivity index (χ2v) is 4.68. The van der Waals surface area contributed by atoms with Crippen molar-refractivity contribution < 1.29 is 19.1 Å². The lowest BCUT2D eigenvalue weighted by molar-refractivity contribution is 0.0729. The molecule has 2 rings (SSSR count). The fourth-order valence-electron chi connectivity index (χ4n) is 1.82. The standard InChI is InChI=1S/C17H16O4/c1-11-4-6-13(7-5-11)17(19)21-15-9-8-14(12(2)18)10-16(15)20-3/h4-10H,1-3H3. The number of methoxy groups -OCH3 is 1. The molecule has 4 nitrogen and oxygen atoms in total. The molecule has 0 aromatic heterocycles. The van der Waals surface area contributed by atoms with E-state index in [1.165, 1.54) is 14.0 Å². The quantitative estimate of drug-likeness (QED) is 0.490. The first-order chi connectivity index (χ1) is 10.0. The highest BCUT2D eigenvalue weighted by Gasteiger charge is 2.13. The van der Waals surface area contributed by atoms with Gasteiger partial charge in [0.1, 0.15) is 0 Å². The van der Waals surface area contributed by atoms with Crippen LogP contribution in [-0.4, -0.2) is 18.9 Å². The first-order valence-corrected chi connectivity index (χ1v) is 6.49. The van der Waals surface area contributed by atoms with Gasteiger partial charge in [0.25, 0.3) is 0 Å². The summed E-state index contributed by atoms with van der Waals surface area (Å²) in [5.74, 6) is 0.0878. The van der Waals surface area contributed by atoms with Gasteiger partial charge in [0.05, 0.1) is 12.7 Å². The molecule has 0 unspecified atom stereocenters. The van der Waals surface area contributed by atoms with Crippen LogP contribution in [0.15, 0.2) is 42.5 Å². The van der Waals surface area contributed by atoms with E-state index in [4.69, 9.17) is 9.47 Å². The summed E-state index contributed by atoms with van der Waals surface area (Å²) in [4.78, 5) is 23.4. The maximum absolute atomic E-state index is 12.1. The Kier molecular flexibility index (Phi) is 4.38. The number of ether oxygens (including phenoxy) is 2. The minimum atomic E-state index is -0.469. The molecular formula is C17H16O4. The molecule has 0 radical (unpaired) electrons. The van der Waals surface area contributed by atoms with Crippen molar-refractivity contribution >= 4 is 11.8 Å². The fourth-order valence-corrected chi connectivity index (χ4v) is 1.82. The van der Waals surface area contributed by atoms with Crippen LogP contribution in [0.4, 0.5) is 0 Å². The molecule has 0 spiro atoms. The molecule has 0 aliphatic rings. The molecule has 0 N–H and O–H groups in total. The van der Waals surface area contributed by atoms with E-state index in [2.05, 4.69) is 0 Å². The molecular weight excluding hydrogens is 268 g/mol. The number of hydrogen-bond acceptors (Lipinski definition) is 4. The van der Waals surface area contributed by atoms with E-state index in [-0.39, 0.29) is 11.5 Å². The Morgan fingerprint density at radius 2 is 1.52 bits per heavy atom. The maximum atomic E-state index is 12.1. The predicted octanol–water partition coefficient (Wildman–Crippen LogP) is 3.43. The van der Waals surface area contributed by atoms with Gasteiger partial charge in [-0.3, -0.25) is 4.79 Å². The Labute approximate surface area is 123 Å².